The summed E-state index contributed by atoms with van der Waals surface area (Å²) in [6.45, 7) is 2.08. The minimum Gasteiger partial charge on any atom is -0.365 e. The molecule has 1 atom stereocenters. The number of nitrogens with two attached hydrogens (primary N) is 1. The fraction of sp³-hybridized carbons (Fsp3) is 0.350. The van der Waals surface area contributed by atoms with Crippen LogP contribution in [0.1, 0.15) is 85.3 Å². The van der Waals surface area contributed by atoms with Crippen molar-refractivity contribution in [2.24, 2.45) is 12.8 Å². The Labute approximate surface area is 343 Å². The lowest BCUT2D eigenvalue weighted by atomic mass is 10.0. The number of aromatic nitrogens is 4. The molecule has 3 aromatic carbocycles. The highest BCUT2D eigenvalue weighted by Gasteiger charge is 2.31. The molecule has 0 aliphatic carbocycles. The standard InChI is InChI=1S/C40H45BrFN9O6S/c1-24-21-26(15-16-29(24)47-39-44-23-27(41)37(49-39)46-30-13-10-12-28(42)35(30)36(43)53)58(56,57)45-20-9-7-5-3-4-6-8-11-25-14-17-31-33(22-25)50(2)40(55)51(31)32-18-19-34(52)48-38(32)54/h10,12-17,21-23,32,45H,3-9,11,18-20H2,1-2H3,(H2,43,53)(H,48,52,54)(H2,44,46,47,49). The zero-order valence-corrected chi connectivity index (χ0v) is 34.5. The molecule has 15 nitrogen and oxygen atoms in total. The average molecular weight is 879 g/mol. The number of hydrogen-bond donors (Lipinski definition) is 5. The van der Waals surface area contributed by atoms with Gasteiger partial charge in [-0.15, -0.1) is 0 Å². The first kappa shape index (κ1) is 42.2. The number of primary amides is 1. The van der Waals surface area contributed by atoms with Gasteiger partial charge in [0.05, 0.1) is 31.7 Å². The van der Waals surface area contributed by atoms with E-state index >= 15 is 0 Å². The highest BCUT2D eigenvalue weighted by Crippen LogP contribution is 2.30. The molecule has 6 N–H and O–H groups in total. The first-order chi connectivity index (χ1) is 27.7. The van der Waals surface area contributed by atoms with Gasteiger partial charge in [-0.3, -0.25) is 28.8 Å². The number of imide groups is 1. The Balaban J connectivity index is 0.912. The van der Waals surface area contributed by atoms with Crippen LogP contribution < -0.4 is 32.1 Å². The normalized spacial score (nSPS) is 14.4. The van der Waals surface area contributed by atoms with Crippen molar-refractivity contribution >= 4 is 77.8 Å². The molecule has 18 heteroatoms. The molecule has 3 amide bonds. The number of hydrogen-bond acceptors (Lipinski definition) is 10. The fourth-order valence-electron chi connectivity index (χ4n) is 7.01. The Morgan fingerprint density at radius 2 is 1.71 bits per heavy atom. The van der Waals surface area contributed by atoms with E-state index < -0.39 is 33.7 Å². The van der Waals surface area contributed by atoms with Crippen LogP contribution >= 0.6 is 15.9 Å². The van der Waals surface area contributed by atoms with E-state index in [2.05, 4.69) is 46.6 Å². The van der Waals surface area contributed by atoms with E-state index in [9.17, 15) is 32.0 Å². The number of nitrogens with one attached hydrogen (secondary N) is 4. The molecule has 1 aliphatic heterocycles. The number of nitrogens with zero attached hydrogens (tertiary/aromatic N) is 4. The van der Waals surface area contributed by atoms with Crippen LogP contribution in [0.5, 0.6) is 0 Å². The van der Waals surface area contributed by atoms with Gasteiger partial charge < -0.3 is 16.4 Å². The summed E-state index contributed by atoms with van der Waals surface area (Å²) in [5, 5.41) is 8.32. The van der Waals surface area contributed by atoms with Crippen molar-refractivity contribution < 1.29 is 27.2 Å². The second-order valence-corrected chi connectivity index (χ2v) is 16.9. The van der Waals surface area contributed by atoms with Crippen molar-refractivity contribution in [2.75, 3.05) is 17.2 Å². The molecule has 58 heavy (non-hydrogen) atoms. The Kier molecular flexibility index (Phi) is 13.4. The van der Waals surface area contributed by atoms with Gasteiger partial charge in [-0.1, -0.05) is 44.2 Å². The number of halogens is 2. The third kappa shape index (κ3) is 9.79. The first-order valence-electron chi connectivity index (χ1n) is 19.0. The van der Waals surface area contributed by atoms with Crippen molar-refractivity contribution in [3.05, 3.63) is 98.3 Å². The third-order valence-corrected chi connectivity index (χ3v) is 12.2. The van der Waals surface area contributed by atoms with Crippen molar-refractivity contribution in [3.8, 4) is 0 Å². The maximum absolute atomic E-state index is 14.3. The Morgan fingerprint density at radius 1 is 0.966 bits per heavy atom. The number of aryl methyl sites for hydroxylation is 3. The van der Waals surface area contributed by atoms with Crippen LogP contribution in [0, 0.1) is 12.7 Å². The molecule has 1 saturated heterocycles. The van der Waals surface area contributed by atoms with Crippen LogP contribution in [0.4, 0.5) is 27.5 Å². The van der Waals surface area contributed by atoms with Gasteiger partial charge in [0.25, 0.3) is 5.91 Å². The number of amides is 3. The second-order valence-electron chi connectivity index (χ2n) is 14.3. The number of unbranched alkanes of at least 4 members (excludes halogenated alkanes) is 6. The Hall–Kier alpha value is -5.46. The number of rotatable bonds is 18. The Morgan fingerprint density at radius 3 is 2.43 bits per heavy atom. The fourth-order valence-corrected chi connectivity index (χ4v) is 8.46. The van der Waals surface area contributed by atoms with Gasteiger partial charge in [0.15, 0.2) is 0 Å². The largest absolute Gasteiger partial charge is 0.365 e. The molecule has 3 heterocycles. The van der Waals surface area contributed by atoms with Crippen molar-refractivity contribution in [2.45, 2.75) is 82.1 Å². The van der Waals surface area contributed by atoms with E-state index in [-0.39, 0.29) is 45.9 Å². The Bertz CT molecular complexity index is 2540. The quantitative estimate of drug-likeness (QED) is 0.0500. The molecule has 0 radical (unpaired) electrons. The highest BCUT2D eigenvalue weighted by molar-refractivity contribution is 9.10. The second kappa shape index (κ2) is 18.4. The van der Waals surface area contributed by atoms with Gasteiger partial charge in [0.1, 0.15) is 17.7 Å². The van der Waals surface area contributed by atoms with E-state index in [0.29, 0.717) is 40.6 Å². The van der Waals surface area contributed by atoms with Crippen LogP contribution in [0.15, 0.2) is 75.0 Å². The van der Waals surface area contributed by atoms with Crippen LogP contribution in [0.3, 0.4) is 0 Å². The van der Waals surface area contributed by atoms with E-state index in [1.54, 1.807) is 30.7 Å². The third-order valence-electron chi connectivity index (χ3n) is 10.1. The smallest absolute Gasteiger partial charge is 0.329 e. The number of carbonyl (C=O) groups excluding carboxylic acids is 3. The predicted molar refractivity (Wildman–Crippen MR) is 222 cm³/mol. The number of anilines is 4. The molecular formula is C40H45BrFN9O6S. The lowest BCUT2D eigenvalue weighted by Crippen LogP contribution is -2.44. The van der Waals surface area contributed by atoms with E-state index in [1.807, 2.05) is 18.2 Å². The lowest BCUT2D eigenvalue weighted by Gasteiger charge is -2.21. The van der Waals surface area contributed by atoms with E-state index in [0.717, 1.165) is 62.1 Å². The summed E-state index contributed by atoms with van der Waals surface area (Å²) in [5.74, 6) is -2.05. The molecule has 5 aromatic rings. The topological polar surface area (TPSA) is 212 Å². The number of benzene rings is 3. The first-order valence-corrected chi connectivity index (χ1v) is 21.3. The maximum Gasteiger partial charge on any atom is 0.329 e. The molecular weight excluding hydrogens is 833 g/mol. The summed E-state index contributed by atoms with van der Waals surface area (Å²) >= 11 is 3.35. The summed E-state index contributed by atoms with van der Waals surface area (Å²) in [6, 6.07) is 13.9. The molecule has 306 valence electrons. The summed E-state index contributed by atoms with van der Waals surface area (Å²) in [7, 11) is -2.04. The van der Waals surface area contributed by atoms with Crippen molar-refractivity contribution in [1.29, 1.82) is 0 Å². The zero-order valence-electron chi connectivity index (χ0n) is 32.1. The number of sulfonamides is 1. The molecule has 0 bridgehead atoms. The molecule has 6 rings (SSSR count). The maximum atomic E-state index is 14.3. The number of piperidine rings is 1. The average Bonchev–Trinajstić information content (AvgIpc) is 3.42. The lowest BCUT2D eigenvalue weighted by molar-refractivity contribution is -0.135. The minimum atomic E-state index is -3.74. The van der Waals surface area contributed by atoms with Gasteiger partial charge in [-0.25, -0.2) is 27.3 Å². The SMILES string of the molecule is Cc1cc(S(=O)(=O)NCCCCCCCCCc2ccc3c(c2)n(C)c(=O)n3C2CCC(=O)NC2=O)ccc1Nc1ncc(Br)c(Nc2cccc(F)c2C(N)=O)n1. The van der Waals surface area contributed by atoms with Gasteiger partial charge in [-0.2, -0.15) is 4.98 Å². The van der Waals surface area contributed by atoms with Crippen LogP contribution in [-0.2, 0) is 33.1 Å². The summed E-state index contributed by atoms with van der Waals surface area (Å²) in [6.07, 6.45) is 9.58. The summed E-state index contributed by atoms with van der Waals surface area (Å²) in [4.78, 5) is 57.7. The zero-order chi connectivity index (χ0) is 41.6. The highest BCUT2D eigenvalue weighted by atomic mass is 79.9. The van der Waals surface area contributed by atoms with Crippen molar-refractivity contribution in [1.82, 2.24) is 29.1 Å². The number of carbonyl (C=O) groups is 3. The van der Waals surface area contributed by atoms with Crippen LogP contribution in [-0.4, -0.2) is 51.8 Å². The molecule has 2 aromatic heterocycles. The molecule has 1 aliphatic rings. The number of fused-ring (bicyclic) bond motifs is 1. The molecule has 1 fully saturated rings. The van der Waals surface area contributed by atoms with Crippen LogP contribution in [0.2, 0.25) is 0 Å². The van der Waals surface area contributed by atoms with E-state index in [4.69, 9.17) is 5.73 Å². The van der Waals surface area contributed by atoms with E-state index in [1.165, 1.54) is 29.0 Å². The summed E-state index contributed by atoms with van der Waals surface area (Å²) < 4.78 is 46.6. The monoisotopic (exact) mass is 877 g/mol. The predicted octanol–water partition coefficient (Wildman–Crippen LogP) is 6.16. The molecule has 0 saturated carbocycles. The summed E-state index contributed by atoms with van der Waals surface area (Å²) in [5.41, 5.74) is 8.69. The van der Waals surface area contributed by atoms with Crippen molar-refractivity contribution in [3.63, 3.8) is 0 Å². The van der Waals surface area contributed by atoms with Gasteiger partial charge in [-0.05, 0) is 102 Å². The minimum absolute atomic E-state index is 0.132. The van der Waals surface area contributed by atoms with Gasteiger partial charge in [0, 0.05) is 31.9 Å². The number of imidazole rings is 1. The molecule has 1 unspecified atom stereocenters. The molecule has 0 spiro atoms. The van der Waals surface area contributed by atoms with Crippen LogP contribution in [0.25, 0.3) is 11.0 Å². The van der Waals surface area contributed by atoms with Gasteiger partial charge >= 0.3 is 5.69 Å². The van der Waals surface area contributed by atoms with Gasteiger partial charge in [0.2, 0.25) is 27.8 Å².